The monoisotopic (exact) mass is 277 g/mol. The maximum atomic E-state index is 6.21. The molecule has 1 aromatic heterocycles. The van der Waals surface area contributed by atoms with E-state index in [0.29, 0.717) is 12.5 Å². The van der Waals surface area contributed by atoms with Crippen molar-refractivity contribution in [3.05, 3.63) is 52.3 Å². The van der Waals surface area contributed by atoms with Gasteiger partial charge in [0.15, 0.2) is 0 Å². The Kier molecular flexibility index (Phi) is 4.61. The van der Waals surface area contributed by atoms with Gasteiger partial charge in [0.05, 0.1) is 5.69 Å². The van der Waals surface area contributed by atoms with Gasteiger partial charge in [0.1, 0.15) is 0 Å². The molecule has 0 saturated carbocycles. The summed E-state index contributed by atoms with van der Waals surface area (Å²) in [5.74, 6) is 0.384. The van der Waals surface area contributed by atoms with E-state index < -0.39 is 0 Å². The summed E-state index contributed by atoms with van der Waals surface area (Å²) < 4.78 is 1.94. The van der Waals surface area contributed by atoms with Crippen LogP contribution in [0.1, 0.15) is 17.0 Å². The second-order valence-corrected chi connectivity index (χ2v) is 5.41. The van der Waals surface area contributed by atoms with Crippen LogP contribution in [-0.2, 0) is 19.9 Å². The highest BCUT2D eigenvalue weighted by molar-refractivity contribution is 6.31. The number of hydrogen-bond acceptors (Lipinski definition) is 2. The number of aryl methyl sites for hydroxylation is 2. The fourth-order valence-corrected chi connectivity index (χ4v) is 2.58. The summed E-state index contributed by atoms with van der Waals surface area (Å²) in [6, 6.07) is 10.1. The van der Waals surface area contributed by atoms with Crippen molar-refractivity contribution in [1.29, 1.82) is 0 Å². The maximum absolute atomic E-state index is 6.21. The zero-order valence-electron chi connectivity index (χ0n) is 11.4. The molecule has 19 heavy (non-hydrogen) atoms. The molecule has 0 aliphatic carbocycles. The van der Waals surface area contributed by atoms with E-state index in [1.54, 1.807) is 0 Å². The molecule has 0 aliphatic rings. The third kappa shape index (κ3) is 3.58. The molecule has 1 atom stereocenters. The maximum Gasteiger partial charge on any atom is 0.0596 e. The highest BCUT2D eigenvalue weighted by atomic mass is 35.5. The summed E-state index contributed by atoms with van der Waals surface area (Å²) in [6.45, 7) is 2.66. The van der Waals surface area contributed by atoms with Crippen molar-refractivity contribution in [2.75, 3.05) is 6.54 Å². The SMILES string of the molecule is Cc1cc(CC(CN)Cc2ccccc2Cl)n(C)n1. The Morgan fingerprint density at radius 1 is 1.32 bits per heavy atom. The minimum absolute atomic E-state index is 0.384. The molecule has 0 fully saturated rings. The summed E-state index contributed by atoms with van der Waals surface area (Å²) >= 11 is 6.21. The lowest BCUT2D eigenvalue weighted by atomic mass is 9.94. The minimum Gasteiger partial charge on any atom is -0.330 e. The molecule has 3 nitrogen and oxygen atoms in total. The van der Waals surface area contributed by atoms with Crippen molar-refractivity contribution >= 4 is 11.6 Å². The van der Waals surface area contributed by atoms with E-state index in [2.05, 4.69) is 17.2 Å². The Bertz CT molecular complexity index is 548. The zero-order valence-corrected chi connectivity index (χ0v) is 12.2. The third-order valence-corrected chi connectivity index (χ3v) is 3.77. The van der Waals surface area contributed by atoms with E-state index in [1.807, 2.05) is 36.9 Å². The van der Waals surface area contributed by atoms with Crippen molar-refractivity contribution in [2.24, 2.45) is 18.7 Å². The highest BCUT2D eigenvalue weighted by Crippen LogP contribution is 2.20. The van der Waals surface area contributed by atoms with Gasteiger partial charge in [0.25, 0.3) is 0 Å². The number of hydrogen-bond donors (Lipinski definition) is 1. The predicted octanol–water partition coefficient (Wildman–Crippen LogP) is 2.74. The second-order valence-electron chi connectivity index (χ2n) is 5.00. The number of halogens is 1. The van der Waals surface area contributed by atoms with Crippen molar-refractivity contribution in [3.63, 3.8) is 0 Å². The van der Waals surface area contributed by atoms with Crippen LogP contribution in [0.25, 0.3) is 0 Å². The fraction of sp³-hybridized carbons (Fsp3) is 0.400. The van der Waals surface area contributed by atoms with Crippen LogP contribution in [0, 0.1) is 12.8 Å². The molecular weight excluding hydrogens is 258 g/mol. The van der Waals surface area contributed by atoms with Crippen molar-refractivity contribution < 1.29 is 0 Å². The molecule has 1 aromatic carbocycles. The molecule has 1 heterocycles. The van der Waals surface area contributed by atoms with Crippen LogP contribution >= 0.6 is 11.6 Å². The number of aromatic nitrogens is 2. The smallest absolute Gasteiger partial charge is 0.0596 e. The molecule has 102 valence electrons. The summed E-state index contributed by atoms with van der Waals surface area (Å²) in [5.41, 5.74) is 9.34. The first-order valence-electron chi connectivity index (χ1n) is 6.53. The fourth-order valence-electron chi connectivity index (χ4n) is 2.36. The van der Waals surface area contributed by atoms with Crippen LogP contribution in [0.4, 0.5) is 0 Å². The van der Waals surface area contributed by atoms with Gasteiger partial charge < -0.3 is 5.73 Å². The van der Waals surface area contributed by atoms with Gasteiger partial charge in [-0.3, -0.25) is 4.68 Å². The predicted molar refractivity (Wildman–Crippen MR) is 79.3 cm³/mol. The van der Waals surface area contributed by atoms with Gasteiger partial charge in [-0.25, -0.2) is 0 Å². The summed E-state index contributed by atoms with van der Waals surface area (Å²) in [6.07, 6.45) is 1.83. The molecule has 0 bridgehead atoms. The lowest BCUT2D eigenvalue weighted by molar-refractivity contribution is 0.511. The van der Waals surface area contributed by atoms with Gasteiger partial charge in [-0.2, -0.15) is 5.10 Å². The summed E-state index contributed by atoms with van der Waals surface area (Å²) in [4.78, 5) is 0. The molecule has 2 aromatic rings. The molecule has 0 spiro atoms. The number of benzene rings is 1. The standard InChI is InChI=1S/C15H20ClN3/c1-11-7-14(19(2)18-11)9-12(10-17)8-13-5-3-4-6-15(13)16/h3-7,12H,8-10,17H2,1-2H3. The minimum atomic E-state index is 0.384. The molecule has 2 rings (SSSR count). The van der Waals surface area contributed by atoms with Gasteiger partial charge in [0.2, 0.25) is 0 Å². The normalized spacial score (nSPS) is 12.6. The topological polar surface area (TPSA) is 43.8 Å². The first kappa shape index (κ1) is 14.1. The summed E-state index contributed by atoms with van der Waals surface area (Å²) in [5, 5.41) is 5.19. The van der Waals surface area contributed by atoms with Gasteiger partial charge >= 0.3 is 0 Å². The van der Waals surface area contributed by atoms with E-state index in [1.165, 1.54) is 11.3 Å². The molecular formula is C15H20ClN3. The van der Waals surface area contributed by atoms with E-state index in [-0.39, 0.29) is 0 Å². The molecule has 2 N–H and O–H groups in total. The lowest BCUT2D eigenvalue weighted by Gasteiger charge is -2.15. The van der Waals surface area contributed by atoms with Crippen LogP contribution in [0.15, 0.2) is 30.3 Å². The van der Waals surface area contributed by atoms with E-state index >= 15 is 0 Å². The van der Waals surface area contributed by atoms with Crippen LogP contribution in [0.3, 0.4) is 0 Å². The Morgan fingerprint density at radius 2 is 2.05 bits per heavy atom. The van der Waals surface area contributed by atoms with Gasteiger partial charge in [-0.15, -0.1) is 0 Å². The quantitative estimate of drug-likeness (QED) is 0.913. The van der Waals surface area contributed by atoms with Crippen molar-refractivity contribution in [3.8, 4) is 0 Å². The molecule has 1 unspecified atom stereocenters. The molecule has 0 saturated heterocycles. The third-order valence-electron chi connectivity index (χ3n) is 3.40. The Hall–Kier alpha value is -1.32. The van der Waals surface area contributed by atoms with Crippen LogP contribution in [0.5, 0.6) is 0 Å². The second kappa shape index (κ2) is 6.22. The van der Waals surface area contributed by atoms with Crippen LogP contribution in [-0.4, -0.2) is 16.3 Å². The average molecular weight is 278 g/mol. The van der Waals surface area contributed by atoms with E-state index in [4.69, 9.17) is 17.3 Å². The Morgan fingerprint density at radius 3 is 2.63 bits per heavy atom. The lowest BCUT2D eigenvalue weighted by Crippen LogP contribution is -2.20. The Labute approximate surface area is 119 Å². The van der Waals surface area contributed by atoms with Crippen molar-refractivity contribution in [2.45, 2.75) is 19.8 Å². The molecule has 0 amide bonds. The zero-order chi connectivity index (χ0) is 13.8. The van der Waals surface area contributed by atoms with E-state index in [9.17, 15) is 0 Å². The van der Waals surface area contributed by atoms with E-state index in [0.717, 1.165) is 23.6 Å². The van der Waals surface area contributed by atoms with Crippen LogP contribution < -0.4 is 5.73 Å². The number of nitrogens with two attached hydrogens (primary N) is 1. The van der Waals surface area contributed by atoms with Crippen molar-refractivity contribution in [1.82, 2.24) is 9.78 Å². The largest absolute Gasteiger partial charge is 0.330 e. The molecule has 4 heteroatoms. The number of rotatable bonds is 5. The Balaban J connectivity index is 2.09. The number of nitrogens with zero attached hydrogens (tertiary/aromatic N) is 2. The summed E-state index contributed by atoms with van der Waals surface area (Å²) in [7, 11) is 1.98. The van der Waals surface area contributed by atoms with Gasteiger partial charge in [-0.05, 0) is 49.9 Å². The average Bonchev–Trinajstić information content (AvgIpc) is 2.69. The van der Waals surface area contributed by atoms with Crippen LogP contribution in [0.2, 0.25) is 5.02 Å². The molecule has 0 radical (unpaired) electrons. The first-order chi connectivity index (χ1) is 9.10. The van der Waals surface area contributed by atoms with Gasteiger partial charge in [-0.1, -0.05) is 29.8 Å². The molecule has 0 aliphatic heterocycles. The first-order valence-corrected chi connectivity index (χ1v) is 6.91. The highest BCUT2D eigenvalue weighted by Gasteiger charge is 2.13. The van der Waals surface area contributed by atoms with Gasteiger partial charge in [0, 0.05) is 17.8 Å².